The summed E-state index contributed by atoms with van der Waals surface area (Å²) in [6.45, 7) is 0. The maximum atomic E-state index is 5.48. The molecule has 0 bridgehead atoms. The van der Waals surface area contributed by atoms with E-state index < -0.39 is 0 Å². The average Bonchev–Trinajstić information content (AvgIpc) is 2.56. The van der Waals surface area contributed by atoms with Crippen molar-refractivity contribution in [2.75, 3.05) is 5.73 Å². The zero-order chi connectivity index (χ0) is 10.1. The summed E-state index contributed by atoms with van der Waals surface area (Å²) in [4.78, 5) is 1.48. The molecular weight excluding hydrogens is 312 g/mol. The number of nitrogens with zero attached hydrogens (tertiary/aromatic N) is 3. The summed E-state index contributed by atoms with van der Waals surface area (Å²) in [5, 5.41) is 8.03. The van der Waals surface area contributed by atoms with Crippen LogP contribution in [0.4, 0.5) is 5.82 Å². The minimum absolute atomic E-state index is 0.400. The molecule has 0 aliphatic rings. The molecule has 6 heteroatoms. The molecule has 2 N–H and O–H groups in total. The molecule has 0 saturated heterocycles. The first kappa shape index (κ1) is 9.67. The van der Waals surface area contributed by atoms with Crippen LogP contribution in [0.3, 0.4) is 0 Å². The van der Waals surface area contributed by atoms with Crippen molar-refractivity contribution < 1.29 is 0 Å². The SMILES string of the molecule is Nc1cnn(-c2cc(Br)ccc2Br)n1. The predicted molar refractivity (Wildman–Crippen MR) is 61.2 cm³/mol. The molecule has 0 saturated carbocycles. The van der Waals surface area contributed by atoms with Gasteiger partial charge in [-0.2, -0.15) is 5.10 Å². The molecule has 1 aromatic heterocycles. The summed E-state index contributed by atoms with van der Waals surface area (Å²) in [6, 6.07) is 5.75. The monoisotopic (exact) mass is 316 g/mol. The third-order valence-electron chi connectivity index (χ3n) is 1.63. The summed E-state index contributed by atoms with van der Waals surface area (Å²) < 4.78 is 1.88. The standard InChI is InChI=1S/C8H6Br2N4/c9-5-1-2-6(10)7(3-5)14-12-4-8(11)13-14/h1-4H,(H2,11,13). The lowest BCUT2D eigenvalue weighted by Crippen LogP contribution is -2.00. The Balaban J connectivity index is 2.55. The maximum absolute atomic E-state index is 5.48. The highest BCUT2D eigenvalue weighted by molar-refractivity contribution is 9.11. The summed E-state index contributed by atoms with van der Waals surface area (Å²) >= 11 is 6.79. The van der Waals surface area contributed by atoms with Crippen LogP contribution in [0, 0.1) is 0 Å². The molecule has 14 heavy (non-hydrogen) atoms. The third-order valence-corrected chi connectivity index (χ3v) is 2.80. The second-order valence-corrected chi connectivity index (χ2v) is 4.42. The third kappa shape index (κ3) is 1.80. The lowest BCUT2D eigenvalue weighted by molar-refractivity contribution is 0.751. The average molecular weight is 318 g/mol. The van der Waals surface area contributed by atoms with Gasteiger partial charge in [-0.25, -0.2) is 0 Å². The molecular formula is C8H6Br2N4. The number of hydrogen-bond donors (Lipinski definition) is 1. The van der Waals surface area contributed by atoms with Gasteiger partial charge in [0, 0.05) is 8.95 Å². The number of anilines is 1. The fourth-order valence-corrected chi connectivity index (χ4v) is 1.78. The molecule has 0 fully saturated rings. The first-order valence-electron chi connectivity index (χ1n) is 3.80. The van der Waals surface area contributed by atoms with E-state index in [-0.39, 0.29) is 0 Å². The topological polar surface area (TPSA) is 56.7 Å². The molecule has 0 aliphatic heterocycles. The molecule has 0 aliphatic carbocycles. The van der Waals surface area contributed by atoms with Gasteiger partial charge in [0.1, 0.15) is 5.69 Å². The number of hydrogen-bond acceptors (Lipinski definition) is 3. The normalized spacial score (nSPS) is 10.4. The van der Waals surface area contributed by atoms with Crippen molar-refractivity contribution in [3.8, 4) is 5.69 Å². The molecule has 72 valence electrons. The van der Waals surface area contributed by atoms with Crippen molar-refractivity contribution in [2.45, 2.75) is 0 Å². The second-order valence-electron chi connectivity index (χ2n) is 2.65. The predicted octanol–water partition coefficient (Wildman–Crippen LogP) is 2.37. The van der Waals surface area contributed by atoms with Gasteiger partial charge in [0.15, 0.2) is 5.82 Å². The Morgan fingerprint density at radius 2 is 2.07 bits per heavy atom. The van der Waals surface area contributed by atoms with Crippen LogP contribution >= 0.6 is 31.9 Å². The largest absolute Gasteiger partial charge is 0.381 e. The molecule has 2 aromatic rings. The van der Waals surface area contributed by atoms with Crippen molar-refractivity contribution in [3.63, 3.8) is 0 Å². The van der Waals surface area contributed by atoms with Crippen LogP contribution < -0.4 is 5.73 Å². The Bertz CT molecular complexity index is 466. The molecule has 0 atom stereocenters. The number of halogens is 2. The van der Waals surface area contributed by atoms with Crippen molar-refractivity contribution >= 4 is 37.7 Å². The summed E-state index contributed by atoms with van der Waals surface area (Å²) in [5.41, 5.74) is 6.33. The van der Waals surface area contributed by atoms with E-state index >= 15 is 0 Å². The summed E-state index contributed by atoms with van der Waals surface area (Å²) in [7, 11) is 0. The van der Waals surface area contributed by atoms with Crippen LogP contribution in [0.25, 0.3) is 5.69 Å². The zero-order valence-corrected chi connectivity index (χ0v) is 10.2. The van der Waals surface area contributed by atoms with Crippen LogP contribution in [0.1, 0.15) is 0 Å². The van der Waals surface area contributed by atoms with Crippen molar-refractivity contribution in [3.05, 3.63) is 33.3 Å². The molecule has 0 radical (unpaired) electrons. The van der Waals surface area contributed by atoms with Crippen LogP contribution in [0.15, 0.2) is 33.3 Å². The summed E-state index contributed by atoms with van der Waals surface area (Å²) in [5.74, 6) is 0.400. The Hall–Kier alpha value is -0.880. The number of nitrogens with two attached hydrogens (primary N) is 1. The minimum atomic E-state index is 0.400. The smallest absolute Gasteiger partial charge is 0.166 e. The number of nitrogen functional groups attached to an aromatic ring is 1. The summed E-state index contributed by atoms with van der Waals surface area (Å²) in [6.07, 6.45) is 1.51. The first-order chi connectivity index (χ1) is 6.66. The number of aromatic nitrogens is 3. The fraction of sp³-hybridized carbons (Fsp3) is 0. The van der Waals surface area contributed by atoms with Crippen LogP contribution in [-0.2, 0) is 0 Å². The van der Waals surface area contributed by atoms with E-state index in [2.05, 4.69) is 42.1 Å². The van der Waals surface area contributed by atoms with Gasteiger partial charge < -0.3 is 5.73 Å². The van der Waals surface area contributed by atoms with Gasteiger partial charge in [0.25, 0.3) is 0 Å². The molecule has 0 amide bonds. The van der Waals surface area contributed by atoms with E-state index in [1.165, 1.54) is 11.0 Å². The van der Waals surface area contributed by atoms with E-state index in [4.69, 9.17) is 5.73 Å². The minimum Gasteiger partial charge on any atom is -0.381 e. The van der Waals surface area contributed by atoms with E-state index in [0.717, 1.165) is 14.6 Å². The highest BCUT2D eigenvalue weighted by atomic mass is 79.9. The highest BCUT2D eigenvalue weighted by Gasteiger charge is 2.05. The van der Waals surface area contributed by atoms with Crippen LogP contribution in [-0.4, -0.2) is 15.0 Å². The van der Waals surface area contributed by atoms with Crippen molar-refractivity contribution in [2.24, 2.45) is 0 Å². The maximum Gasteiger partial charge on any atom is 0.166 e. The van der Waals surface area contributed by atoms with Gasteiger partial charge >= 0.3 is 0 Å². The molecule has 2 rings (SSSR count). The molecule has 1 aromatic carbocycles. The number of benzene rings is 1. The van der Waals surface area contributed by atoms with E-state index in [0.29, 0.717) is 5.82 Å². The molecule has 0 unspecified atom stereocenters. The van der Waals surface area contributed by atoms with Crippen LogP contribution in [0.5, 0.6) is 0 Å². The Kier molecular flexibility index (Phi) is 2.56. The highest BCUT2D eigenvalue weighted by Crippen LogP contribution is 2.23. The van der Waals surface area contributed by atoms with Gasteiger partial charge in [-0.3, -0.25) is 0 Å². The Morgan fingerprint density at radius 1 is 1.29 bits per heavy atom. The zero-order valence-electron chi connectivity index (χ0n) is 6.98. The molecule has 1 heterocycles. The van der Waals surface area contributed by atoms with E-state index in [1.54, 1.807) is 0 Å². The van der Waals surface area contributed by atoms with E-state index in [1.807, 2.05) is 18.2 Å². The van der Waals surface area contributed by atoms with Gasteiger partial charge in [0.2, 0.25) is 0 Å². The lowest BCUT2D eigenvalue weighted by Gasteiger charge is -2.02. The van der Waals surface area contributed by atoms with Crippen LogP contribution in [0.2, 0.25) is 0 Å². The van der Waals surface area contributed by atoms with E-state index in [9.17, 15) is 0 Å². The Labute approximate surface area is 97.4 Å². The van der Waals surface area contributed by atoms with Gasteiger partial charge in [-0.1, -0.05) is 15.9 Å². The Morgan fingerprint density at radius 3 is 2.71 bits per heavy atom. The van der Waals surface area contributed by atoms with Gasteiger partial charge in [-0.15, -0.1) is 9.90 Å². The lowest BCUT2D eigenvalue weighted by atomic mass is 10.3. The van der Waals surface area contributed by atoms with Crippen molar-refractivity contribution in [1.29, 1.82) is 0 Å². The van der Waals surface area contributed by atoms with Gasteiger partial charge in [0.05, 0.1) is 6.20 Å². The first-order valence-corrected chi connectivity index (χ1v) is 5.38. The number of rotatable bonds is 1. The van der Waals surface area contributed by atoms with Crippen molar-refractivity contribution in [1.82, 2.24) is 15.0 Å². The van der Waals surface area contributed by atoms with Gasteiger partial charge in [-0.05, 0) is 34.1 Å². The molecule has 4 nitrogen and oxygen atoms in total. The fourth-order valence-electron chi connectivity index (χ4n) is 1.03. The second kappa shape index (κ2) is 3.70. The quantitative estimate of drug-likeness (QED) is 0.878. The molecule has 0 spiro atoms.